The minimum Gasteiger partial charge on any atom is -0.469 e. The Morgan fingerprint density at radius 3 is 2.74 bits per heavy atom. The molecule has 0 saturated carbocycles. The van der Waals surface area contributed by atoms with E-state index in [1.165, 1.54) is 16.2 Å². The monoisotopic (exact) mass is 371 g/mol. The number of fused-ring (bicyclic) bond motifs is 2. The van der Waals surface area contributed by atoms with Crippen LogP contribution in [0.2, 0.25) is 0 Å². The number of ether oxygens (including phenoxy) is 1. The third-order valence-corrected chi connectivity index (χ3v) is 5.31. The predicted octanol–water partition coefficient (Wildman–Crippen LogP) is 2.82. The minimum absolute atomic E-state index is 0.0590. The van der Waals surface area contributed by atoms with Gasteiger partial charge in [-0.25, -0.2) is 0 Å². The van der Waals surface area contributed by atoms with Crippen LogP contribution < -0.4 is 5.32 Å². The maximum atomic E-state index is 12.1. The molecular weight excluding hydrogens is 353 g/mol. The number of nitrogens with one attached hydrogen (secondary N) is 1. The van der Waals surface area contributed by atoms with Crippen LogP contribution in [0.3, 0.4) is 0 Å². The number of methoxy groups -OCH3 is 1. The van der Waals surface area contributed by atoms with E-state index in [0.29, 0.717) is 6.04 Å². The fourth-order valence-corrected chi connectivity index (χ4v) is 4.01. The molecule has 2 aliphatic heterocycles. The molecule has 3 atom stereocenters. The Morgan fingerprint density at radius 1 is 1.32 bits per heavy atom. The Labute approximate surface area is 127 Å². The average Bonchev–Trinajstić information content (AvgIpc) is 2.77. The molecule has 0 aromatic heterocycles. The van der Waals surface area contributed by atoms with Gasteiger partial charge in [0.1, 0.15) is 0 Å². The van der Waals surface area contributed by atoms with Gasteiger partial charge in [0.15, 0.2) is 0 Å². The average molecular weight is 371 g/mol. The molecule has 0 aliphatic carbocycles. The molecule has 3 nitrogen and oxygen atoms in total. The Bertz CT molecular complexity index is 487. The maximum Gasteiger partial charge on any atom is 0.310 e. The highest BCUT2D eigenvalue weighted by molar-refractivity contribution is 14.1. The normalized spacial score (nSPS) is 33.2. The van der Waals surface area contributed by atoms with E-state index in [0.717, 1.165) is 25.7 Å². The first-order chi connectivity index (χ1) is 9.15. The van der Waals surface area contributed by atoms with Crippen molar-refractivity contribution in [1.82, 2.24) is 5.32 Å². The maximum absolute atomic E-state index is 12.1. The molecule has 0 spiro atoms. The number of benzene rings is 1. The number of hydrogen-bond donors (Lipinski definition) is 1. The summed E-state index contributed by atoms with van der Waals surface area (Å²) in [6, 6.07) is 9.09. The van der Waals surface area contributed by atoms with Gasteiger partial charge in [-0.2, -0.15) is 0 Å². The molecule has 0 amide bonds. The summed E-state index contributed by atoms with van der Waals surface area (Å²) < 4.78 is 6.25. The highest BCUT2D eigenvalue weighted by atomic mass is 127. The number of carbonyl (C=O) groups is 1. The summed E-state index contributed by atoms with van der Waals surface area (Å²) in [4.78, 5) is 12.1. The number of piperidine rings is 1. The van der Waals surface area contributed by atoms with Gasteiger partial charge >= 0.3 is 5.97 Å². The number of halogens is 1. The second-order valence-corrected chi connectivity index (χ2v) is 6.76. The predicted molar refractivity (Wildman–Crippen MR) is 81.7 cm³/mol. The van der Waals surface area contributed by atoms with Crippen LogP contribution in [-0.2, 0) is 15.1 Å². The van der Waals surface area contributed by atoms with E-state index in [4.69, 9.17) is 4.74 Å². The van der Waals surface area contributed by atoms with E-state index in [1.54, 1.807) is 0 Å². The quantitative estimate of drug-likeness (QED) is 0.642. The standard InChI is InChI=1S/C15H18INO2/c1-19-14(18)13-7-6-12-8-9-15(13,17-12)10-2-4-11(16)5-3-10/h2-5,12-13,17H,6-9H2,1H3. The van der Waals surface area contributed by atoms with Crippen LogP contribution in [0.5, 0.6) is 0 Å². The molecule has 0 radical (unpaired) electrons. The van der Waals surface area contributed by atoms with Crippen LogP contribution in [0.15, 0.2) is 24.3 Å². The molecule has 2 heterocycles. The lowest BCUT2D eigenvalue weighted by molar-refractivity contribution is -0.150. The Kier molecular flexibility index (Phi) is 3.55. The van der Waals surface area contributed by atoms with Crippen molar-refractivity contribution in [1.29, 1.82) is 0 Å². The summed E-state index contributed by atoms with van der Waals surface area (Å²) in [7, 11) is 1.49. The smallest absolute Gasteiger partial charge is 0.310 e. The van der Waals surface area contributed by atoms with Crippen LogP contribution in [0.25, 0.3) is 0 Å². The molecule has 1 aromatic carbocycles. The van der Waals surface area contributed by atoms with Gasteiger partial charge in [-0.3, -0.25) is 4.79 Å². The van der Waals surface area contributed by atoms with Gasteiger partial charge in [0.25, 0.3) is 0 Å². The second-order valence-electron chi connectivity index (χ2n) is 5.51. The Balaban J connectivity index is 2.01. The molecule has 4 heteroatoms. The van der Waals surface area contributed by atoms with Gasteiger partial charge < -0.3 is 10.1 Å². The van der Waals surface area contributed by atoms with E-state index in [-0.39, 0.29) is 17.4 Å². The largest absolute Gasteiger partial charge is 0.469 e. The van der Waals surface area contributed by atoms with E-state index in [9.17, 15) is 4.79 Å². The van der Waals surface area contributed by atoms with Gasteiger partial charge in [-0.15, -0.1) is 0 Å². The zero-order chi connectivity index (χ0) is 13.5. The highest BCUT2D eigenvalue weighted by Crippen LogP contribution is 2.47. The first kappa shape index (κ1) is 13.4. The first-order valence-corrected chi connectivity index (χ1v) is 7.85. The third kappa shape index (κ3) is 2.18. The number of esters is 1. The molecule has 3 rings (SSSR count). The van der Waals surface area contributed by atoms with Crippen molar-refractivity contribution in [3.63, 3.8) is 0 Å². The second kappa shape index (κ2) is 5.05. The molecule has 3 unspecified atom stereocenters. The zero-order valence-corrected chi connectivity index (χ0v) is 13.1. The van der Waals surface area contributed by atoms with Crippen LogP contribution in [-0.4, -0.2) is 19.1 Å². The number of carbonyl (C=O) groups excluding carboxylic acids is 1. The summed E-state index contributed by atoms with van der Waals surface area (Å²) in [5.74, 6) is -0.136. The topological polar surface area (TPSA) is 38.3 Å². The molecule has 2 aliphatic rings. The SMILES string of the molecule is COC(=O)C1CCC2CCC1(c1ccc(I)cc1)N2. The van der Waals surface area contributed by atoms with Crippen molar-refractivity contribution < 1.29 is 9.53 Å². The van der Waals surface area contributed by atoms with Gasteiger partial charge in [0, 0.05) is 9.61 Å². The summed E-state index contributed by atoms with van der Waals surface area (Å²) >= 11 is 2.31. The van der Waals surface area contributed by atoms with Crippen molar-refractivity contribution in [2.75, 3.05) is 7.11 Å². The summed E-state index contributed by atoms with van der Waals surface area (Å²) in [5.41, 5.74) is 1.02. The van der Waals surface area contributed by atoms with Gasteiger partial charge in [-0.1, -0.05) is 12.1 Å². The van der Waals surface area contributed by atoms with Gasteiger partial charge in [-0.05, 0) is 66.0 Å². The molecule has 102 valence electrons. The molecule has 1 aromatic rings. The first-order valence-electron chi connectivity index (χ1n) is 6.77. The van der Waals surface area contributed by atoms with Crippen molar-refractivity contribution in [2.24, 2.45) is 5.92 Å². The van der Waals surface area contributed by atoms with E-state index < -0.39 is 0 Å². The number of hydrogen-bond acceptors (Lipinski definition) is 3. The van der Waals surface area contributed by atoms with E-state index in [2.05, 4.69) is 52.2 Å². The van der Waals surface area contributed by atoms with E-state index in [1.807, 2.05) is 0 Å². The lowest BCUT2D eigenvalue weighted by atomic mass is 9.74. The van der Waals surface area contributed by atoms with E-state index >= 15 is 0 Å². The van der Waals surface area contributed by atoms with Crippen molar-refractivity contribution in [2.45, 2.75) is 37.3 Å². The van der Waals surface area contributed by atoms with Crippen LogP contribution in [0.1, 0.15) is 31.2 Å². The van der Waals surface area contributed by atoms with Crippen LogP contribution >= 0.6 is 22.6 Å². The van der Waals surface area contributed by atoms with Gasteiger partial charge in [0.05, 0.1) is 18.6 Å². The lowest BCUT2D eigenvalue weighted by Gasteiger charge is -2.41. The summed E-state index contributed by atoms with van der Waals surface area (Å²) in [6.07, 6.45) is 4.18. The zero-order valence-electron chi connectivity index (χ0n) is 11.0. The molecule has 19 heavy (non-hydrogen) atoms. The summed E-state index contributed by atoms with van der Waals surface area (Å²) in [5, 5.41) is 3.70. The summed E-state index contributed by atoms with van der Waals surface area (Å²) in [6.45, 7) is 0. The number of rotatable bonds is 2. The molecule has 2 fully saturated rings. The minimum atomic E-state index is -0.208. The molecule has 2 saturated heterocycles. The van der Waals surface area contributed by atoms with Gasteiger partial charge in [0.2, 0.25) is 0 Å². The lowest BCUT2D eigenvalue weighted by Crippen LogP contribution is -2.53. The Hall–Kier alpha value is -0.620. The molecular formula is C15H18INO2. The molecule has 1 N–H and O–H groups in total. The molecule has 2 bridgehead atoms. The fraction of sp³-hybridized carbons (Fsp3) is 0.533. The third-order valence-electron chi connectivity index (χ3n) is 4.59. The fourth-order valence-electron chi connectivity index (χ4n) is 3.65. The van der Waals surface area contributed by atoms with Crippen LogP contribution in [0.4, 0.5) is 0 Å². The van der Waals surface area contributed by atoms with Crippen molar-refractivity contribution in [3.8, 4) is 0 Å². The van der Waals surface area contributed by atoms with Crippen molar-refractivity contribution >= 4 is 28.6 Å². The highest BCUT2D eigenvalue weighted by Gasteiger charge is 2.52. The van der Waals surface area contributed by atoms with Crippen molar-refractivity contribution in [3.05, 3.63) is 33.4 Å². The Morgan fingerprint density at radius 2 is 2.05 bits per heavy atom. The van der Waals surface area contributed by atoms with Crippen LogP contribution in [0, 0.1) is 9.49 Å².